The molecule has 2 rings (SSSR count). The molecule has 2 N–H and O–H groups in total. The van der Waals surface area contributed by atoms with Gasteiger partial charge in [-0.15, -0.1) is 11.3 Å². The highest BCUT2D eigenvalue weighted by atomic mass is 32.2. The van der Waals surface area contributed by atoms with Crippen molar-refractivity contribution in [2.75, 3.05) is 23.4 Å². The molecule has 2 aromatic rings. The summed E-state index contributed by atoms with van der Waals surface area (Å²) in [5, 5.41) is 2.60. The van der Waals surface area contributed by atoms with Crippen molar-refractivity contribution in [3.63, 3.8) is 0 Å². The lowest BCUT2D eigenvalue weighted by Crippen LogP contribution is -2.18. The average Bonchev–Trinajstić information content (AvgIpc) is 2.98. The Morgan fingerprint density at radius 3 is 2.79 bits per heavy atom. The molecular formula is C11H15N3O2S3. The first-order chi connectivity index (χ1) is 8.95. The van der Waals surface area contributed by atoms with Crippen molar-refractivity contribution < 1.29 is 8.42 Å². The fourth-order valence-electron chi connectivity index (χ4n) is 1.67. The third kappa shape index (κ3) is 2.90. The van der Waals surface area contributed by atoms with Crippen LogP contribution in [0.15, 0.2) is 22.4 Å². The summed E-state index contributed by atoms with van der Waals surface area (Å²) in [5.74, 6) is 0.120. The molecule has 0 radical (unpaired) electrons. The van der Waals surface area contributed by atoms with Crippen LogP contribution in [-0.4, -0.2) is 25.6 Å². The number of sulfone groups is 1. The Morgan fingerprint density at radius 2 is 2.21 bits per heavy atom. The molecule has 0 aliphatic rings. The lowest BCUT2D eigenvalue weighted by Gasteiger charge is -2.17. The van der Waals surface area contributed by atoms with Crippen molar-refractivity contribution in [1.82, 2.24) is 4.37 Å². The second-order valence-corrected chi connectivity index (χ2v) is 8.04. The van der Waals surface area contributed by atoms with Crippen LogP contribution in [0.4, 0.5) is 10.8 Å². The first-order valence-corrected chi connectivity index (χ1v) is 8.97. The van der Waals surface area contributed by atoms with Crippen molar-refractivity contribution in [1.29, 1.82) is 0 Å². The summed E-state index contributed by atoms with van der Waals surface area (Å²) in [6.45, 7) is 2.25. The molecule has 0 saturated carbocycles. The smallest absolute Gasteiger partial charge is 0.184 e. The van der Waals surface area contributed by atoms with Crippen LogP contribution in [0, 0.1) is 0 Å². The van der Waals surface area contributed by atoms with Gasteiger partial charge in [-0.05, 0) is 23.0 Å². The van der Waals surface area contributed by atoms with E-state index in [1.54, 1.807) is 18.3 Å². The highest BCUT2D eigenvalue weighted by molar-refractivity contribution is 7.91. The number of nitrogens with zero attached hydrogens (tertiary/aromatic N) is 2. The van der Waals surface area contributed by atoms with E-state index in [1.165, 1.54) is 0 Å². The molecule has 2 aromatic heterocycles. The Morgan fingerprint density at radius 1 is 1.47 bits per heavy atom. The highest BCUT2D eigenvalue weighted by Crippen LogP contribution is 2.35. The maximum Gasteiger partial charge on any atom is 0.184 e. The van der Waals surface area contributed by atoms with Crippen LogP contribution in [-0.2, 0) is 16.4 Å². The molecule has 5 nitrogen and oxygen atoms in total. The lowest BCUT2D eigenvalue weighted by atomic mass is 10.4. The van der Waals surface area contributed by atoms with Gasteiger partial charge in [0.05, 0.1) is 12.3 Å². The van der Waals surface area contributed by atoms with Crippen molar-refractivity contribution in [3.8, 4) is 0 Å². The second-order valence-electron chi connectivity index (χ2n) is 4.04. The number of rotatable bonds is 5. The Bertz CT molecular complexity index is 647. The standard InChI is InChI=1S/C11H15N3O2S3/c1-3-19(15,16)9-10(12)13-18-11(9)14(2)7-8-5-4-6-17-8/h4-6H,3,7H2,1-2H3,(H2,12,13). The van der Waals surface area contributed by atoms with Gasteiger partial charge in [0, 0.05) is 11.9 Å². The second kappa shape index (κ2) is 5.48. The van der Waals surface area contributed by atoms with Crippen LogP contribution >= 0.6 is 22.9 Å². The van der Waals surface area contributed by atoms with Crippen molar-refractivity contribution in [3.05, 3.63) is 22.4 Å². The van der Waals surface area contributed by atoms with Gasteiger partial charge in [-0.1, -0.05) is 13.0 Å². The van der Waals surface area contributed by atoms with Gasteiger partial charge in [-0.3, -0.25) is 0 Å². The fourth-order valence-corrected chi connectivity index (χ4v) is 4.72. The van der Waals surface area contributed by atoms with E-state index in [0.717, 1.165) is 16.4 Å². The molecule has 0 aliphatic carbocycles. The minimum atomic E-state index is -3.36. The number of nitrogens with two attached hydrogens (primary N) is 1. The van der Waals surface area contributed by atoms with Crippen LogP contribution in [0.1, 0.15) is 11.8 Å². The molecule has 0 saturated heterocycles. The van der Waals surface area contributed by atoms with Gasteiger partial charge in [-0.25, -0.2) is 8.42 Å². The third-order valence-electron chi connectivity index (χ3n) is 2.67. The molecule has 0 fully saturated rings. The first-order valence-electron chi connectivity index (χ1n) is 5.67. The highest BCUT2D eigenvalue weighted by Gasteiger charge is 2.26. The van der Waals surface area contributed by atoms with Gasteiger partial charge in [0.2, 0.25) is 0 Å². The minimum absolute atomic E-state index is 0.0233. The molecule has 0 aromatic carbocycles. The van der Waals surface area contributed by atoms with Crippen LogP contribution in [0.25, 0.3) is 0 Å². The number of anilines is 2. The number of hydrogen-bond acceptors (Lipinski definition) is 7. The van der Waals surface area contributed by atoms with Gasteiger partial charge in [0.25, 0.3) is 0 Å². The predicted octanol–water partition coefficient (Wildman–Crippen LogP) is 2.22. The number of thiophene rings is 1. The summed E-state index contributed by atoms with van der Waals surface area (Å²) in [6, 6.07) is 3.98. The molecule has 104 valence electrons. The largest absolute Gasteiger partial charge is 0.382 e. The molecule has 2 heterocycles. The van der Waals surface area contributed by atoms with Crippen molar-refractivity contribution in [2.24, 2.45) is 0 Å². The van der Waals surface area contributed by atoms with E-state index < -0.39 is 9.84 Å². The van der Waals surface area contributed by atoms with Crippen LogP contribution in [0.5, 0.6) is 0 Å². The van der Waals surface area contributed by atoms with Gasteiger partial charge in [0.1, 0.15) is 9.90 Å². The molecular weight excluding hydrogens is 302 g/mol. The Hall–Kier alpha value is -1.12. The summed E-state index contributed by atoms with van der Waals surface area (Å²) in [7, 11) is -1.51. The average molecular weight is 317 g/mol. The number of aromatic nitrogens is 1. The Labute approximate surface area is 120 Å². The molecule has 0 bridgehead atoms. The van der Waals surface area contributed by atoms with E-state index in [2.05, 4.69) is 4.37 Å². The van der Waals surface area contributed by atoms with E-state index in [0.29, 0.717) is 11.5 Å². The van der Waals surface area contributed by atoms with Gasteiger partial charge < -0.3 is 10.6 Å². The zero-order valence-electron chi connectivity index (χ0n) is 10.7. The Balaban J connectivity index is 2.35. The monoisotopic (exact) mass is 317 g/mol. The van der Waals surface area contributed by atoms with Crippen LogP contribution < -0.4 is 10.6 Å². The zero-order chi connectivity index (χ0) is 14.0. The summed E-state index contributed by atoms with van der Waals surface area (Å²) in [5.41, 5.74) is 5.71. The predicted molar refractivity (Wildman–Crippen MR) is 80.7 cm³/mol. The van der Waals surface area contributed by atoms with Crippen molar-refractivity contribution in [2.45, 2.75) is 18.4 Å². The number of hydrogen-bond donors (Lipinski definition) is 1. The van der Waals surface area contributed by atoms with Crippen molar-refractivity contribution >= 4 is 43.5 Å². The van der Waals surface area contributed by atoms with E-state index >= 15 is 0 Å². The molecule has 0 unspecified atom stereocenters. The minimum Gasteiger partial charge on any atom is -0.382 e. The quantitative estimate of drug-likeness (QED) is 0.915. The third-order valence-corrected chi connectivity index (χ3v) is 6.42. The van der Waals surface area contributed by atoms with Crippen LogP contribution in [0.3, 0.4) is 0 Å². The SMILES string of the molecule is CCS(=O)(=O)c1c(N)nsc1N(C)Cc1cccs1. The summed E-state index contributed by atoms with van der Waals surface area (Å²) in [6.07, 6.45) is 0. The van der Waals surface area contributed by atoms with Gasteiger partial charge in [-0.2, -0.15) is 4.37 Å². The van der Waals surface area contributed by atoms with Gasteiger partial charge in [0.15, 0.2) is 15.7 Å². The van der Waals surface area contributed by atoms with Crippen LogP contribution in [0.2, 0.25) is 0 Å². The van der Waals surface area contributed by atoms with E-state index in [-0.39, 0.29) is 16.5 Å². The summed E-state index contributed by atoms with van der Waals surface area (Å²) in [4.78, 5) is 3.20. The lowest BCUT2D eigenvalue weighted by molar-refractivity contribution is 0.597. The zero-order valence-corrected chi connectivity index (χ0v) is 13.1. The number of nitrogen functional groups attached to an aromatic ring is 1. The maximum absolute atomic E-state index is 12.1. The molecule has 0 atom stereocenters. The molecule has 0 amide bonds. The molecule has 19 heavy (non-hydrogen) atoms. The van der Waals surface area contributed by atoms with E-state index in [9.17, 15) is 8.42 Å². The molecule has 0 spiro atoms. The van der Waals surface area contributed by atoms with E-state index in [4.69, 9.17) is 5.73 Å². The summed E-state index contributed by atoms with van der Waals surface area (Å²) < 4.78 is 28.1. The Kier molecular flexibility index (Phi) is 4.12. The normalized spacial score (nSPS) is 11.7. The first kappa shape index (κ1) is 14.3. The topological polar surface area (TPSA) is 76.3 Å². The van der Waals surface area contributed by atoms with Gasteiger partial charge >= 0.3 is 0 Å². The summed E-state index contributed by atoms with van der Waals surface area (Å²) >= 11 is 2.76. The maximum atomic E-state index is 12.1. The van der Waals surface area contributed by atoms with E-state index in [1.807, 2.05) is 29.5 Å². The molecule has 8 heteroatoms. The fraction of sp³-hybridized carbons (Fsp3) is 0.364. The molecule has 0 aliphatic heterocycles.